The minimum absolute atomic E-state index is 0.180. The van der Waals surface area contributed by atoms with Crippen molar-refractivity contribution >= 4 is 11.3 Å². The molecule has 0 bridgehead atoms. The van der Waals surface area contributed by atoms with Gasteiger partial charge in [-0.25, -0.2) is 4.98 Å². The van der Waals surface area contributed by atoms with Crippen molar-refractivity contribution in [2.45, 2.75) is 31.7 Å². The summed E-state index contributed by atoms with van der Waals surface area (Å²) in [6.07, 6.45) is 0.480. The van der Waals surface area contributed by atoms with Crippen molar-refractivity contribution in [1.29, 1.82) is 0 Å². The number of methoxy groups -OCH3 is 2. The third-order valence-corrected chi connectivity index (χ3v) is 4.01. The largest absolute Gasteiger partial charge is 0.356 e. The van der Waals surface area contributed by atoms with Crippen LogP contribution in [0.5, 0.6) is 0 Å². The summed E-state index contributed by atoms with van der Waals surface area (Å²) in [5, 5.41) is 2.05. The highest BCUT2D eigenvalue weighted by atomic mass is 32.1. The van der Waals surface area contributed by atoms with Crippen molar-refractivity contribution in [3.63, 3.8) is 0 Å². The summed E-state index contributed by atoms with van der Waals surface area (Å²) < 4.78 is 10.5. The second-order valence-electron chi connectivity index (χ2n) is 4.64. The van der Waals surface area contributed by atoms with Gasteiger partial charge in [-0.05, 0) is 14.0 Å². The molecule has 1 rings (SSSR count). The highest BCUT2D eigenvalue weighted by molar-refractivity contribution is 7.07. The highest BCUT2D eigenvalue weighted by Crippen LogP contribution is 2.22. The molecule has 1 aromatic heterocycles. The van der Waals surface area contributed by atoms with Gasteiger partial charge in [0.15, 0.2) is 6.29 Å². The lowest BCUT2D eigenvalue weighted by Crippen LogP contribution is -2.51. The van der Waals surface area contributed by atoms with Gasteiger partial charge in [-0.15, -0.1) is 11.3 Å². The minimum atomic E-state index is -0.239. The molecular weight excluding hydrogens is 250 g/mol. The number of nitrogens with two attached hydrogens (primary N) is 1. The third-order valence-electron chi connectivity index (χ3n) is 3.38. The van der Waals surface area contributed by atoms with Crippen LogP contribution >= 0.6 is 11.3 Å². The maximum atomic E-state index is 5.92. The van der Waals surface area contributed by atoms with Gasteiger partial charge in [-0.2, -0.15) is 0 Å². The Labute approximate surface area is 113 Å². The number of thiazole rings is 1. The fourth-order valence-electron chi connectivity index (χ4n) is 1.77. The van der Waals surface area contributed by atoms with Crippen LogP contribution < -0.4 is 5.73 Å². The Morgan fingerprint density at radius 1 is 1.50 bits per heavy atom. The molecular formula is C12H23N3O2S. The number of hydrogen-bond donors (Lipinski definition) is 1. The standard InChI is InChI=1S/C12H23N3O2S/c1-12(8-13,5-11(16-3)17-4)15(2)6-10-7-18-9-14-10/h7,9,11H,5-6,8,13H2,1-4H3. The van der Waals surface area contributed by atoms with Crippen LogP contribution in [0.25, 0.3) is 0 Å². The number of hydrogen-bond acceptors (Lipinski definition) is 6. The van der Waals surface area contributed by atoms with Crippen molar-refractivity contribution in [3.05, 3.63) is 16.6 Å². The van der Waals surface area contributed by atoms with Gasteiger partial charge in [0.2, 0.25) is 0 Å². The molecule has 0 aliphatic heterocycles. The van der Waals surface area contributed by atoms with Crippen LogP contribution in [0.4, 0.5) is 0 Å². The van der Waals surface area contributed by atoms with Crippen molar-refractivity contribution in [2.24, 2.45) is 5.73 Å². The van der Waals surface area contributed by atoms with Gasteiger partial charge < -0.3 is 15.2 Å². The van der Waals surface area contributed by atoms with E-state index in [9.17, 15) is 0 Å². The zero-order chi connectivity index (χ0) is 13.6. The number of nitrogens with zero attached hydrogens (tertiary/aromatic N) is 2. The fraction of sp³-hybridized carbons (Fsp3) is 0.750. The van der Waals surface area contributed by atoms with Gasteiger partial charge >= 0.3 is 0 Å². The first-order chi connectivity index (χ1) is 8.55. The second-order valence-corrected chi connectivity index (χ2v) is 5.36. The maximum absolute atomic E-state index is 5.92. The molecule has 1 unspecified atom stereocenters. The lowest BCUT2D eigenvalue weighted by molar-refractivity contribution is -0.127. The molecule has 5 nitrogen and oxygen atoms in total. The van der Waals surface area contributed by atoms with E-state index in [1.54, 1.807) is 25.6 Å². The quantitative estimate of drug-likeness (QED) is 0.723. The van der Waals surface area contributed by atoms with Gasteiger partial charge in [0.25, 0.3) is 0 Å². The molecule has 0 amide bonds. The highest BCUT2D eigenvalue weighted by Gasteiger charge is 2.31. The van der Waals surface area contributed by atoms with E-state index in [0.29, 0.717) is 6.54 Å². The van der Waals surface area contributed by atoms with Crippen molar-refractivity contribution in [3.8, 4) is 0 Å². The van der Waals surface area contributed by atoms with Gasteiger partial charge in [-0.3, -0.25) is 4.90 Å². The second kappa shape index (κ2) is 7.16. The van der Waals surface area contributed by atoms with Crippen LogP contribution in [-0.2, 0) is 16.0 Å². The van der Waals surface area contributed by atoms with E-state index < -0.39 is 0 Å². The zero-order valence-electron chi connectivity index (χ0n) is 11.5. The van der Waals surface area contributed by atoms with Gasteiger partial charge in [0.1, 0.15) is 0 Å². The first-order valence-corrected chi connectivity index (χ1v) is 6.84. The summed E-state index contributed by atoms with van der Waals surface area (Å²) in [5.74, 6) is 0. The third kappa shape index (κ3) is 4.00. The average Bonchev–Trinajstić information content (AvgIpc) is 2.88. The first kappa shape index (κ1) is 15.5. The lowest BCUT2D eigenvalue weighted by Gasteiger charge is -2.39. The summed E-state index contributed by atoms with van der Waals surface area (Å²) in [5.41, 5.74) is 8.65. The molecule has 0 aliphatic carbocycles. The van der Waals surface area contributed by atoms with E-state index in [2.05, 4.69) is 29.2 Å². The molecule has 2 N–H and O–H groups in total. The summed E-state index contributed by atoms with van der Waals surface area (Å²) in [6, 6.07) is 0. The number of ether oxygens (including phenoxy) is 2. The van der Waals surface area contributed by atoms with E-state index in [0.717, 1.165) is 18.7 Å². The topological polar surface area (TPSA) is 60.6 Å². The Morgan fingerprint density at radius 2 is 2.17 bits per heavy atom. The first-order valence-electron chi connectivity index (χ1n) is 5.89. The number of aromatic nitrogens is 1. The Morgan fingerprint density at radius 3 is 2.61 bits per heavy atom. The van der Waals surface area contributed by atoms with E-state index >= 15 is 0 Å². The minimum Gasteiger partial charge on any atom is -0.356 e. The monoisotopic (exact) mass is 273 g/mol. The van der Waals surface area contributed by atoms with Crippen LogP contribution in [0.1, 0.15) is 19.0 Å². The molecule has 0 aromatic carbocycles. The van der Waals surface area contributed by atoms with Crippen LogP contribution in [0.2, 0.25) is 0 Å². The summed E-state index contributed by atoms with van der Waals surface area (Å²) in [7, 11) is 5.34. The Balaban J connectivity index is 2.67. The van der Waals surface area contributed by atoms with Crippen LogP contribution in [0.15, 0.2) is 10.9 Å². The predicted molar refractivity (Wildman–Crippen MR) is 73.5 cm³/mol. The summed E-state index contributed by atoms with van der Waals surface area (Å²) in [6.45, 7) is 3.43. The van der Waals surface area contributed by atoms with Crippen LogP contribution in [0, 0.1) is 0 Å². The molecule has 0 radical (unpaired) electrons. The van der Waals surface area contributed by atoms with Gasteiger partial charge in [-0.1, -0.05) is 0 Å². The average molecular weight is 273 g/mol. The molecule has 104 valence electrons. The summed E-state index contributed by atoms with van der Waals surface area (Å²) >= 11 is 1.60. The molecule has 6 heteroatoms. The molecule has 0 aliphatic rings. The SMILES string of the molecule is COC(CC(C)(CN)N(C)Cc1cscn1)OC. The fourth-order valence-corrected chi connectivity index (χ4v) is 2.32. The lowest BCUT2D eigenvalue weighted by atomic mass is 9.95. The summed E-state index contributed by atoms with van der Waals surface area (Å²) in [4.78, 5) is 6.50. The Hall–Kier alpha value is -0.530. The van der Waals surface area contributed by atoms with Crippen molar-refractivity contribution in [2.75, 3.05) is 27.8 Å². The molecule has 1 atom stereocenters. The van der Waals surface area contributed by atoms with Crippen LogP contribution in [0.3, 0.4) is 0 Å². The number of likely N-dealkylation sites (N-methyl/N-ethyl adjacent to an activating group) is 1. The molecule has 1 aromatic rings. The smallest absolute Gasteiger partial charge is 0.158 e. The molecule has 18 heavy (non-hydrogen) atoms. The number of rotatable bonds is 8. The van der Waals surface area contributed by atoms with E-state index in [1.165, 1.54) is 0 Å². The molecule has 0 saturated carbocycles. The van der Waals surface area contributed by atoms with Gasteiger partial charge in [0.05, 0.1) is 11.2 Å². The zero-order valence-corrected chi connectivity index (χ0v) is 12.4. The van der Waals surface area contributed by atoms with E-state index in [-0.39, 0.29) is 11.8 Å². The molecule has 0 spiro atoms. The Bertz CT molecular complexity index is 330. The predicted octanol–water partition coefficient (Wildman–Crippen LogP) is 1.30. The van der Waals surface area contributed by atoms with E-state index in [1.807, 2.05) is 5.51 Å². The normalized spacial score (nSPS) is 15.3. The Kier molecular flexibility index (Phi) is 6.17. The van der Waals surface area contributed by atoms with Crippen LogP contribution in [-0.4, -0.2) is 49.5 Å². The van der Waals surface area contributed by atoms with E-state index in [4.69, 9.17) is 15.2 Å². The molecule has 0 saturated heterocycles. The van der Waals surface area contributed by atoms with Crippen molar-refractivity contribution in [1.82, 2.24) is 9.88 Å². The van der Waals surface area contributed by atoms with Gasteiger partial charge in [0, 0.05) is 44.6 Å². The molecule has 0 fully saturated rings. The van der Waals surface area contributed by atoms with Crippen molar-refractivity contribution < 1.29 is 9.47 Å². The molecule has 1 heterocycles. The maximum Gasteiger partial charge on any atom is 0.158 e.